The highest BCUT2D eigenvalue weighted by Gasteiger charge is 2.75. The number of rotatable bonds is 4. The molecule has 0 spiro atoms. The van der Waals surface area contributed by atoms with Crippen molar-refractivity contribution in [1.82, 2.24) is 0 Å². The predicted molar refractivity (Wildman–Crippen MR) is 155 cm³/mol. The zero-order valence-electron chi connectivity index (χ0n) is 21.2. The van der Waals surface area contributed by atoms with Crippen LogP contribution in [0.3, 0.4) is 0 Å². The minimum Gasteiger partial charge on any atom is -0.259 e. The first-order chi connectivity index (χ1) is 17.4. The Hall–Kier alpha value is -2.41. The van der Waals surface area contributed by atoms with Crippen LogP contribution in [0, 0.1) is 0 Å². The molecule has 0 unspecified atom stereocenters. The van der Waals surface area contributed by atoms with E-state index in [0.29, 0.717) is 0 Å². The van der Waals surface area contributed by atoms with E-state index in [2.05, 4.69) is 148 Å². The Morgan fingerprint density at radius 1 is 0.417 bits per heavy atom. The fourth-order valence-electron chi connectivity index (χ4n) is 5.93. The molecule has 1 fully saturated rings. The molecule has 0 aliphatic carbocycles. The summed E-state index contributed by atoms with van der Waals surface area (Å²) in [6.07, 6.45) is 0. The van der Waals surface area contributed by atoms with E-state index in [0.717, 1.165) is 0 Å². The Bertz CT molecular complexity index is 1210. The molecule has 0 amide bonds. The van der Waals surface area contributed by atoms with Gasteiger partial charge in [-0.05, 0) is 33.5 Å². The normalized spacial score (nSPS) is 20.1. The fraction of sp³-hybridized carbons (Fsp3) is 0.143. The summed E-state index contributed by atoms with van der Waals surface area (Å²) < 4.78 is 13.0. The summed E-state index contributed by atoms with van der Waals surface area (Å²) in [5.74, 6) is 0. The summed E-state index contributed by atoms with van der Waals surface area (Å²) in [4.78, 5) is 0. The minimum atomic E-state index is -3.19. The zero-order valence-corrected chi connectivity index (χ0v) is 25.2. The van der Waals surface area contributed by atoms with E-state index in [4.69, 9.17) is 19.2 Å². The highest BCUT2D eigenvalue weighted by atomic mass is 29.8. The molecule has 5 rings (SSSR count). The summed E-state index contributed by atoms with van der Waals surface area (Å²) in [5.41, 5.74) is 0. The maximum atomic E-state index is 6.81. The Morgan fingerprint density at radius 3 is 1.14 bits per heavy atom. The lowest BCUT2D eigenvalue weighted by molar-refractivity contribution is -0.585. The number of hydrogen-bond acceptors (Lipinski definition) is 4. The van der Waals surface area contributed by atoms with Crippen LogP contribution in [-0.4, -0.2) is 29.9 Å². The first-order valence-corrected chi connectivity index (χ1v) is 25.1. The van der Waals surface area contributed by atoms with Gasteiger partial charge in [0.05, 0.1) is 7.11 Å². The van der Waals surface area contributed by atoms with Crippen molar-refractivity contribution >= 4 is 50.6 Å². The predicted octanol–water partition coefficient (Wildman–Crippen LogP) is 3.98. The van der Waals surface area contributed by atoms with Gasteiger partial charge in [0.15, 0.2) is 0 Å². The maximum Gasteiger partial charge on any atom is 0.297 e. The average Bonchev–Trinajstić information content (AvgIpc) is 2.92. The molecule has 1 aliphatic heterocycles. The van der Waals surface area contributed by atoms with Crippen molar-refractivity contribution in [3.8, 4) is 0 Å². The molecule has 4 nitrogen and oxygen atoms in total. The van der Waals surface area contributed by atoms with E-state index < -0.39 is 29.9 Å². The second kappa shape index (κ2) is 9.80. The topological polar surface area (TPSA) is 36.9 Å². The van der Waals surface area contributed by atoms with Gasteiger partial charge < -0.3 is 0 Å². The van der Waals surface area contributed by atoms with Crippen molar-refractivity contribution < 1.29 is 19.2 Å². The molecular formula is C28H32O4Si4. The highest BCUT2D eigenvalue weighted by Crippen LogP contribution is 2.38. The quantitative estimate of drug-likeness (QED) is 0.288. The summed E-state index contributed by atoms with van der Waals surface area (Å²) in [5, 5.41) is 16.2. The van der Waals surface area contributed by atoms with Crippen molar-refractivity contribution in [2.24, 2.45) is 0 Å². The molecule has 1 heterocycles. The molecular weight excluding hydrogens is 513 g/mol. The largest absolute Gasteiger partial charge is 0.297 e. The van der Waals surface area contributed by atoms with Crippen LogP contribution in [0.15, 0.2) is 121 Å². The van der Waals surface area contributed by atoms with Crippen LogP contribution in [0.2, 0.25) is 26.2 Å². The first-order valence-electron chi connectivity index (χ1n) is 12.3. The molecule has 4 aromatic carbocycles. The maximum absolute atomic E-state index is 6.81. The molecule has 0 atom stereocenters. The molecule has 0 saturated carbocycles. The second-order valence-electron chi connectivity index (χ2n) is 10.3. The Balaban J connectivity index is 2.07. The van der Waals surface area contributed by atoms with Crippen LogP contribution in [0.5, 0.6) is 0 Å². The molecule has 0 N–H and O–H groups in total. The van der Waals surface area contributed by atoms with Crippen molar-refractivity contribution in [3.63, 3.8) is 0 Å². The fourth-order valence-corrected chi connectivity index (χ4v) is 68.9. The van der Waals surface area contributed by atoms with Gasteiger partial charge in [0.25, 0.3) is 7.83 Å². The van der Waals surface area contributed by atoms with Gasteiger partial charge in [-0.25, -0.2) is 4.58 Å². The first kappa shape index (κ1) is 25.2. The number of benzene rings is 4. The molecule has 0 radical (unpaired) electrons. The van der Waals surface area contributed by atoms with Crippen LogP contribution in [0.1, 0.15) is 0 Å². The van der Waals surface area contributed by atoms with Crippen LogP contribution in [0.25, 0.3) is 0 Å². The molecule has 0 bridgehead atoms. The summed E-state index contributed by atoms with van der Waals surface area (Å²) >= 11 is 0. The van der Waals surface area contributed by atoms with Gasteiger partial charge >= 0.3 is 0 Å². The number of hydrogen-bond donors (Lipinski definition) is 0. The van der Waals surface area contributed by atoms with Crippen molar-refractivity contribution in [3.05, 3.63) is 121 Å². The van der Waals surface area contributed by atoms with E-state index in [-0.39, 0.29) is 0 Å². The van der Waals surface area contributed by atoms with E-state index in [1.807, 2.05) is 0 Å². The van der Waals surface area contributed by atoms with Gasteiger partial charge in [0.2, 0.25) is 7.83 Å². The van der Waals surface area contributed by atoms with Crippen molar-refractivity contribution in [2.45, 2.75) is 26.2 Å². The van der Waals surface area contributed by atoms with Crippen molar-refractivity contribution in [1.29, 1.82) is 0 Å². The van der Waals surface area contributed by atoms with Gasteiger partial charge in [-0.15, -0.1) is 0 Å². The average molecular weight is 545 g/mol. The van der Waals surface area contributed by atoms with Crippen LogP contribution in [0.4, 0.5) is 0 Å². The van der Waals surface area contributed by atoms with Gasteiger partial charge in [-0.3, -0.25) is 4.58 Å². The third kappa shape index (κ3) is 3.68. The van der Waals surface area contributed by atoms with E-state index in [1.54, 1.807) is 0 Å². The zero-order chi connectivity index (χ0) is 25.3. The summed E-state index contributed by atoms with van der Waals surface area (Å²) in [7, 11) is -10.9. The lowest BCUT2D eigenvalue weighted by Crippen LogP contribution is -2.98. The molecule has 0 aromatic heterocycles. The van der Waals surface area contributed by atoms with Crippen LogP contribution < -0.4 is 20.7 Å². The SMILES string of the molecule is C[Si]1(C)OOOO[Si](c2ccccc2)(c2ccccc2)[Si](c2ccccc2)(c2ccccc2)[Si]1(C)C. The van der Waals surface area contributed by atoms with E-state index >= 15 is 0 Å². The molecule has 1 saturated heterocycles. The Labute approximate surface area is 216 Å². The highest BCUT2D eigenvalue weighted by molar-refractivity contribution is 7.90. The monoisotopic (exact) mass is 544 g/mol. The third-order valence-corrected chi connectivity index (χ3v) is 63.0. The van der Waals surface area contributed by atoms with Crippen LogP contribution >= 0.6 is 0 Å². The van der Waals surface area contributed by atoms with E-state index in [9.17, 15) is 0 Å². The Kier molecular flexibility index (Phi) is 6.88. The lowest BCUT2D eigenvalue weighted by Gasteiger charge is -2.57. The van der Waals surface area contributed by atoms with Gasteiger partial charge in [0.1, 0.15) is 7.11 Å². The van der Waals surface area contributed by atoms with Gasteiger partial charge in [0, 0.05) is 0 Å². The summed E-state index contributed by atoms with van der Waals surface area (Å²) in [6.45, 7) is 9.60. The Morgan fingerprint density at radius 2 is 0.750 bits per heavy atom. The van der Waals surface area contributed by atoms with Crippen molar-refractivity contribution in [2.75, 3.05) is 0 Å². The third-order valence-electron chi connectivity index (χ3n) is 8.17. The van der Waals surface area contributed by atoms with Gasteiger partial charge in [-0.2, -0.15) is 0 Å². The standard InChI is InChI=1S/C28H32O4Si4/c1-33(2)31-29-30-32-35(25-17-9-5-10-18-25,26-19-11-6-12-20-26)36(34(33,3)4,27-21-13-7-14-22-27)28-23-15-8-16-24-28/h5-24H,1-4H3. The van der Waals surface area contributed by atoms with E-state index in [1.165, 1.54) is 20.7 Å². The molecule has 184 valence electrons. The second-order valence-corrected chi connectivity index (χ2v) is 42.8. The minimum absolute atomic E-state index is 1.19. The summed E-state index contributed by atoms with van der Waals surface area (Å²) in [6, 6.07) is 43.6. The lowest BCUT2D eigenvalue weighted by atomic mass is 10.4. The molecule has 36 heavy (non-hydrogen) atoms. The van der Waals surface area contributed by atoms with Crippen LogP contribution in [-0.2, 0) is 19.2 Å². The molecule has 4 aromatic rings. The molecule has 1 aliphatic rings. The van der Waals surface area contributed by atoms with Gasteiger partial charge in [-0.1, -0.05) is 145 Å². The smallest absolute Gasteiger partial charge is 0.259 e. The molecule has 8 heteroatoms.